The summed E-state index contributed by atoms with van der Waals surface area (Å²) in [6, 6.07) is 18.2. The van der Waals surface area contributed by atoms with Gasteiger partial charge in [0, 0.05) is 18.4 Å². The van der Waals surface area contributed by atoms with Crippen molar-refractivity contribution in [2.24, 2.45) is 0 Å². The number of nitrogens with zero attached hydrogens (tertiary/aromatic N) is 3. The zero-order valence-electron chi connectivity index (χ0n) is 17.9. The molecule has 0 bridgehead atoms. The number of aryl methyl sites for hydroxylation is 1. The van der Waals surface area contributed by atoms with Crippen LogP contribution in [0.15, 0.2) is 71.9 Å². The second-order valence-corrected chi connectivity index (χ2v) is 9.64. The average molecular weight is 449 g/mol. The number of amides is 1. The van der Waals surface area contributed by atoms with Crippen molar-refractivity contribution in [3.05, 3.63) is 78.4 Å². The molecule has 1 amide bonds. The second kappa shape index (κ2) is 8.92. The number of nitrogens with one attached hydrogen (secondary N) is 1. The average Bonchev–Trinajstić information content (AvgIpc) is 3.23. The molecule has 1 aromatic heterocycles. The van der Waals surface area contributed by atoms with Gasteiger partial charge in [0.05, 0.1) is 11.4 Å². The van der Waals surface area contributed by atoms with Gasteiger partial charge in [-0.1, -0.05) is 49.4 Å². The third-order valence-corrected chi connectivity index (χ3v) is 6.46. The van der Waals surface area contributed by atoms with E-state index < -0.39 is 9.84 Å². The van der Waals surface area contributed by atoms with E-state index in [9.17, 15) is 13.2 Å². The molecule has 32 heavy (non-hydrogen) atoms. The number of hydrogen-bond acceptors (Lipinski definition) is 5. The van der Waals surface area contributed by atoms with E-state index in [0.717, 1.165) is 34.9 Å². The number of sulfone groups is 1. The Bertz CT molecular complexity index is 1380. The van der Waals surface area contributed by atoms with Gasteiger partial charge in [0.15, 0.2) is 15.7 Å². The molecule has 0 aliphatic rings. The summed E-state index contributed by atoms with van der Waals surface area (Å²) < 4.78 is 25.5. The van der Waals surface area contributed by atoms with Crippen molar-refractivity contribution in [2.75, 3.05) is 6.26 Å². The molecule has 4 rings (SSSR count). The maximum Gasteiger partial charge on any atom is 0.252 e. The highest BCUT2D eigenvalue weighted by Gasteiger charge is 2.14. The summed E-state index contributed by atoms with van der Waals surface area (Å²) in [5.74, 6) is 0.526. The zero-order valence-corrected chi connectivity index (χ0v) is 18.8. The van der Waals surface area contributed by atoms with Crippen molar-refractivity contribution in [3.63, 3.8) is 0 Å². The number of aromatic nitrogens is 3. The van der Waals surface area contributed by atoms with Crippen molar-refractivity contribution in [3.8, 4) is 11.1 Å². The zero-order chi connectivity index (χ0) is 22.7. The largest absolute Gasteiger partial charge is 0.345 e. The molecule has 164 valence electrons. The molecule has 1 heterocycles. The molecule has 0 saturated carbocycles. The number of rotatable bonds is 7. The number of benzene rings is 3. The predicted octanol–water partition coefficient (Wildman–Crippen LogP) is 3.84. The Labute approximate surface area is 187 Å². The van der Waals surface area contributed by atoms with Crippen molar-refractivity contribution < 1.29 is 13.2 Å². The molecule has 0 radical (unpaired) electrons. The third kappa shape index (κ3) is 4.40. The molecule has 0 saturated heterocycles. The quantitative estimate of drug-likeness (QED) is 0.464. The lowest BCUT2D eigenvalue weighted by molar-refractivity contribution is 0.0951. The molecule has 0 atom stereocenters. The first-order chi connectivity index (χ1) is 15.4. The van der Waals surface area contributed by atoms with Gasteiger partial charge in [-0.2, -0.15) is 0 Å². The van der Waals surface area contributed by atoms with Gasteiger partial charge in [-0.15, -0.1) is 10.2 Å². The van der Waals surface area contributed by atoms with Crippen LogP contribution in [-0.4, -0.2) is 35.3 Å². The Kier molecular flexibility index (Phi) is 6.05. The fourth-order valence-electron chi connectivity index (χ4n) is 3.74. The highest BCUT2D eigenvalue weighted by molar-refractivity contribution is 7.90. The van der Waals surface area contributed by atoms with Gasteiger partial charge >= 0.3 is 0 Å². The first kappa shape index (κ1) is 21.7. The molecule has 0 unspecified atom stereocenters. The van der Waals surface area contributed by atoms with E-state index in [1.54, 1.807) is 36.7 Å². The minimum Gasteiger partial charge on any atom is -0.345 e. The summed E-state index contributed by atoms with van der Waals surface area (Å²) in [6.45, 7) is 3.17. The standard InChI is InChI=1S/C24H24N4O3S/c1-3-14-28-16-26-27-23(28)15-25-24(29)22-9-5-7-20-19(6-4-8-21(20)22)17-10-12-18(13-11-17)32(2,30)31/h4-13,16H,3,14-15H2,1-2H3,(H,25,29). The van der Waals surface area contributed by atoms with E-state index in [4.69, 9.17) is 0 Å². The van der Waals surface area contributed by atoms with Gasteiger partial charge < -0.3 is 9.88 Å². The van der Waals surface area contributed by atoms with Gasteiger partial charge in [-0.3, -0.25) is 4.79 Å². The lowest BCUT2D eigenvalue weighted by Crippen LogP contribution is -2.25. The van der Waals surface area contributed by atoms with Crippen molar-refractivity contribution in [2.45, 2.75) is 31.3 Å². The molecule has 0 aliphatic heterocycles. The van der Waals surface area contributed by atoms with Crippen molar-refractivity contribution in [1.82, 2.24) is 20.1 Å². The van der Waals surface area contributed by atoms with E-state index in [0.29, 0.717) is 17.9 Å². The normalized spacial score (nSPS) is 11.6. The highest BCUT2D eigenvalue weighted by Crippen LogP contribution is 2.31. The Morgan fingerprint density at radius 3 is 2.44 bits per heavy atom. The molecule has 0 spiro atoms. The molecule has 7 nitrogen and oxygen atoms in total. The van der Waals surface area contributed by atoms with Gasteiger partial charge in [0.2, 0.25) is 0 Å². The van der Waals surface area contributed by atoms with Crippen LogP contribution in [0.3, 0.4) is 0 Å². The van der Waals surface area contributed by atoms with Crippen LogP contribution in [0.25, 0.3) is 21.9 Å². The van der Waals surface area contributed by atoms with Gasteiger partial charge in [-0.05, 0) is 46.5 Å². The molecule has 1 N–H and O–H groups in total. The highest BCUT2D eigenvalue weighted by atomic mass is 32.2. The first-order valence-corrected chi connectivity index (χ1v) is 12.2. The molecular weight excluding hydrogens is 424 g/mol. The molecule has 4 aromatic rings. The second-order valence-electron chi connectivity index (χ2n) is 7.63. The number of hydrogen-bond donors (Lipinski definition) is 1. The Morgan fingerprint density at radius 1 is 1.00 bits per heavy atom. The minimum absolute atomic E-state index is 0.189. The molecular formula is C24H24N4O3S. The molecule has 3 aromatic carbocycles. The maximum absolute atomic E-state index is 13.0. The third-order valence-electron chi connectivity index (χ3n) is 5.33. The van der Waals surface area contributed by atoms with E-state index in [1.807, 2.05) is 34.9 Å². The fourth-order valence-corrected chi connectivity index (χ4v) is 4.37. The van der Waals surface area contributed by atoms with E-state index in [2.05, 4.69) is 22.4 Å². The van der Waals surface area contributed by atoms with Gasteiger partial charge in [0.25, 0.3) is 5.91 Å². The van der Waals surface area contributed by atoms with Crippen LogP contribution >= 0.6 is 0 Å². The number of carbonyl (C=O) groups excluding carboxylic acids is 1. The summed E-state index contributed by atoms with van der Waals surface area (Å²) in [7, 11) is -3.26. The van der Waals surface area contributed by atoms with E-state index in [-0.39, 0.29) is 10.8 Å². The summed E-state index contributed by atoms with van der Waals surface area (Å²) in [5.41, 5.74) is 2.38. The van der Waals surface area contributed by atoms with E-state index in [1.165, 1.54) is 6.26 Å². The minimum atomic E-state index is -3.26. The number of carbonyl (C=O) groups is 1. The summed E-state index contributed by atoms with van der Waals surface area (Å²) in [5, 5.41) is 12.7. The Morgan fingerprint density at radius 2 is 1.72 bits per heavy atom. The van der Waals surface area contributed by atoms with Crippen molar-refractivity contribution >= 4 is 26.5 Å². The topological polar surface area (TPSA) is 93.9 Å². The lowest BCUT2D eigenvalue weighted by atomic mass is 9.95. The van der Waals surface area contributed by atoms with E-state index >= 15 is 0 Å². The van der Waals surface area contributed by atoms with Crippen LogP contribution in [0.5, 0.6) is 0 Å². The molecule has 0 fully saturated rings. The smallest absolute Gasteiger partial charge is 0.252 e. The van der Waals surface area contributed by atoms with Gasteiger partial charge in [-0.25, -0.2) is 8.42 Å². The summed E-state index contributed by atoms with van der Waals surface area (Å²) in [4.78, 5) is 13.3. The molecule has 0 aliphatic carbocycles. The van der Waals surface area contributed by atoms with Crippen LogP contribution in [0.4, 0.5) is 0 Å². The maximum atomic E-state index is 13.0. The van der Waals surface area contributed by atoms with Crippen LogP contribution in [0.2, 0.25) is 0 Å². The van der Waals surface area contributed by atoms with Crippen LogP contribution in [-0.2, 0) is 22.9 Å². The Hall–Kier alpha value is -3.52. The van der Waals surface area contributed by atoms with Crippen LogP contribution < -0.4 is 5.32 Å². The SMILES string of the molecule is CCCn1cnnc1CNC(=O)c1cccc2c(-c3ccc(S(C)(=O)=O)cc3)cccc12. The Balaban J connectivity index is 1.64. The summed E-state index contributed by atoms with van der Waals surface area (Å²) in [6.07, 6.45) is 3.82. The predicted molar refractivity (Wildman–Crippen MR) is 124 cm³/mol. The van der Waals surface area contributed by atoms with Crippen molar-refractivity contribution in [1.29, 1.82) is 0 Å². The first-order valence-electron chi connectivity index (χ1n) is 10.4. The van der Waals surface area contributed by atoms with Gasteiger partial charge in [0.1, 0.15) is 6.33 Å². The molecule has 8 heteroatoms. The fraction of sp³-hybridized carbons (Fsp3) is 0.208. The van der Waals surface area contributed by atoms with Crippen LogP contribution in [0.1, 0.15) is 29.5 Å². The van der Waals surface area contributed by atoms with Crippen LogP contribution in [0, 0.1) is 0 Å². The lowest BCUT2D eigenvalue weighted by Gasteiger charge is -2.12. The monoisotopic (exact) mass is 448 g/mol. The number of fused-ring (bicyclic) bond motifs is 1. The summed E-state index contributed by atoms with van der Waals surface area (Å²) >= 11 is 0.